The van der Waals surface area contributed by atoms with E-state index in [2.05, 4.69) is 160 Å². The third-order valence-electron chi connectivity index (χ3n) is 14.3. The summed E-state index contributed by atoms with van der Waals surface area (Å²) in [6.45, 7) is 6.75. The maximum Gasteiger partial charge on any atom is 0.472 e. The van der Waals surface area contributed by atoms with Crippen molar-refractivity contribution in [3.05, 3.63) is 146 Å². The van der Waals surface area contributed by atoms with Crippen molar-refractivity contribution in [1.29, 1.82) is 0 Å². The van der Waals surface area contributed by atoms with Crippen molar-refractivity contribution in [3.8, 4) is 0 Å². The minimum atomic E-state index is -4.48. The first-order chi connectivity index (χ1) is 41.4. The van der Waals surface area contributed by atoms with Crippen LogP contribution in [0.15, 0.2) is 146 Å². The lowest BCUT2D eigenvalue weighted by atomic mass is 10.0. The van der Waals surface area contributed by atoms with Crippen LogP contribution >= 0.6 is 7.82 Å². The molecule has 484 valence electrons. The van der Waals surface area contributed by atoms with Crippen molar-refractivity contribution in [1.82, 2.24) is 5.32 Å². The highest BCUT2D eigenvalue weighted by Gasteiger charge is 2.30. The number of nitrogens with zero attached hydrogens (tertiary/aromatic N) is 1. The molecule has 9 nitrogen and oxygen atoms in total. The van der Waals surface area contributed by atoms with Gasteiger partial charge in [-0.25, -0.2) is 4.57 Å². The fourth-order valence-electron chi connectivity index (χ4n) is 9.09. The van der Waals surface area contributed by atoms with Crippen LogP contribution in [-0.2, 0) is 27.9 Å². The monoisotopic (exact) mass is 1200 g/mol. The van der Waals surface area contributed by atoms with Gasteiger partial charge in [0.2, 0.25) is 5.91 Å². The van der Waals surface area contributed by atoms with Crippen LogP contribution in [0.4, 0.5) is 0 Å². The van der Waals surface area contributed by atoms with E-state index < -0.39 is 20.0 Å². The second-order valence-corrected chi connectivity index (χ2v) is 25.0. The van der Waals surface area contributed by atoms with Crippen LogP contribution in [0.2, 0.25) is 0 Å². The Hall–Kier alpha value is -4.11. The summed E-state index contributed by atoms with van der Waals surface area (Å²) in [5.74, 6) is -0.560. The van der Waals surface area contributed by atoms with E-state index >= 15 is 0 Å². The van der Waals surface area contributed by atoms with Gasteiger partial charge in [-0.2, -0.15) is 0 Å². The largest absolute Gasteiger partial charge is 0.472 e. The van der Waals surface area contributed by atoms with Gasteiger partial charge < -0.3 is 19.4 Å². The number of unbranched alkanes of at least 4 members (excludes halogenated alkanes) is 22. The van der Waals surface area contributed by atoms with Crippen molar-refractivity contribution >= 4 is 19.7 Å². The molecule has 0 saturated heterocycles. The third kappa shape index (κ3) is 64.2. The number of hydrogen-bond donors (Lipinski definition) is 2. The first-order valence-corrected chi connectivity index (χ1v) is 35.7. The lowest BCUT2D eigenvalue weighted by molar-refractivity contribution is -0.870. The van der Waals surface area contributed by atoms with Crippen LogP contribution in [0, 0.1) is 0 Å². The third-order valence-corrected chi connectivity index (χ3v) is 15.3. The van der Waals surface area contributed by atoms with E-state index in [1.807, 2.05) is 33.3 Å². The molecule has 0 radical (unpaired) electrons. The molecular formula is C75H128N2O7P+. The Kier molecular flexibility index (Phi) is 59.9. The Balaban J connectivity index is 5.23. The summed E-state index contributed by atoms with van der Waals surface area (Å²) in [6, 6.07) is -0.881. The average molecular weight is 1200 g/mol. The minimum absolute atomic E-state index is 0.0241. The van der Waals surface area contributed by atoms with Gasteiger partial charge in [0.15, 0.2) is 0 Å². The fraction of sp³-hybridized carbons (Fsp3) is 0.653. The van der Waals surface area contributed by atoms with Crippen LogP contribution < -0.4 is 5.32 Å². The molecule has 0 fully saturated rings. The topological polar surface area (TPSA) is 111 Å². The van der Waals surface area contributed by atoms with Gasteiger partial charge in [-0.15, -0.1) is 0 Å². The van der Waals surface area contributed by atoms with Crippen molar-refractivity contribution in [2.24, 2.45) is 0 Å². The Labute approximate surface area is 523 Å². The number of amides is 1. The average Bonchev–Trinajstić information content (AvgIpc) is 3.50. The Bertz CT molecular complexity index is 1960. The molecule has 0 aliphatic heterocycles. The lowest BCUT2D eigenvalue weighted by Gasteiger charge is -2.27. The number of rotatable bonds is 60. The number of ether oxygens (including phenoxy) is 1. The molecule has 3 atom stereocenters. The quantitative estimate of drug-likeness (QED) is 0.0205. The predicted molar refractivity (Wildman–Crippen MR) is 369 cm³/mol. The molecule has 0 aromatic heterocycles. The first kappa shape index (κ1) is 80.9. The molecule has 0 rings (SSSR count). The first-order valence-electron chi connectivity index (χ1n) is 34.2. The summed E-state index contributed by atoms with van der Waals surface area (Å²) in [5, 5.41) is 3.04. The van der Waals surface area contributed by atoms with Gasteiger partial charge in [0.1, 0.15) is 19.3 Å². The number of phosphoric acid groups is 1. The van der Waals surface area contributed by atoms with E-state index in [-0.39, 0.29) is 37.9 Å². The molecule has 1 amide bonds. The molecule has 85 heavy (non-hydrogen) atoms. The number of phosphoric ester groups is 1. The number of nitrogens with one attached hydrogen (secondary N) is 1. The summed E-state index contributed by atoms with van der Waals surface area (Å²) in [6.07, 6.45) is 91.4. The Morgan fingerprint density at radius 2 is 0.753 bits per heavy atom. The van der Waals surface area contributed by atoms with Crippen molar-refractivity contribution < 1.29 is 37.3 Å². The molecule has 2 N–H and O–H groups in total. The molecule has 10 heteroatoms. The Morgan fingerprint density at radius 3 is 1.14 bits per heavy atom. The summed E-state index contributed by atoms with van der Waals surface area (Å²) in [7, 11) is 1.45. The summed E-state index contributed by atoms with van der Waals surface area (Å²) in [4.78, 5) is 37.9. The van der Waals surface area contributed by atoms with E-state index in [1.54, 1.807) is 0 Å². The molecule has 0 heterocycles. The molecule has 0 aromatic carbocycles. The summed E-state index contributed by atoms with van der Waals surface area (Å²) in [5.41, 5.74) is 0. The number of carbonyl (C=O) groups excluding carboxylic acids is 2. The van der Waals surface area contributed by atoms with Crippen LogP contribution in [-0.4, -0.2) is 74.3 Å². The Morgan fingerprint density at radius 1 is 0.424 bits per heavy atom. The van der Waals surface area contributed by atoms with E-state index in [0.29, 0.717) is 17.4 Å². The SMILES string of the molecule is CC/C=C\C/C=C\C/C=C\C/C=C\C/C=C\C/C=C\CCCCCCCCCCC(=O)OC(/C=C\CCCCCCCCCCCCC)C(COP(=O)(O)OCC[N+](C)(C)C)NC(=O)CCCCC/C=C\C/C=C\C/C=C\C/C=C\C/C=C\CC. The zero-order chi connectivity index (χ0) is 62.1. The highest BCUT2D eigenvalue weighted by atomic mass is 31.2. The lowest BCUT2D eigenvalue weighted by Crippen LogP contribution is -2.47. The highest BCUT2D eigenvalue weighted by molar-refractivity contribution is 7.47. The fourth-order valence-corrected chi connectivity index (χ4v) is 9.82. The number of carbonyl (C=O) groups is 2. The second kappa shape index (κ2) is 62.9. The van der Waals surface area contributed by atoms with Gasteiger partial charge in [0.05, 0.1) is 33.8 Å². The molecule has 0 aromatic rings. The zero-order valence-corrected chi connectivity index (χ0v) is 56.2. The van der Waals surface area contributed by atoms with Crippen LogP contribution in [0.5, 0.6) is 0 Å². The van der Waals surface area contributed by atoms with Crippen molar-refractivity contribution in [3.63, 3.8) is 0 Å². The van der Waals surface area contributed by atoms with Gasteiger partial charge >= 0.3 is 13.8 Å². The predicted octanol–water partition coefficient (Wildman–Crippen LogP) is 21.8. The molecule has 0 saturated carbocycles. The molecule has 0 bridgehead atoms. The van der Waals surface area contributed by atoms with Crippen LogP contribution in [0.3, 0.4) is 0 Å². The summed E-state index contributed by atoms with van der Waals surface area (Å²) < 4.78 is 30.8. The maximum atomic E-state index is 13.6. The van der Waals surface area contributed by atoms with Crippen LogP contribution in [0.1, 0.15) is 265 Å². The molecule has 0 spiro atoms. The normalized spacial score (nSPS) is 14.5. The van der Waals surface area contributed by atoms with E-state index in [4.69, 9.17) is 13.8 Å². The van der Waals surface area contributed by atoms with Gasteiger partial charge in [0.25, 0.3) is 0 Å². The summed E-state index contributed by atoms with van der Waals surface area (Å²) >= 11 is 0. The smallest absolute Gasteiger partial charge is 0.456 e. The molecule has 3 unspecified atom stereocenters. The molecule has 0 aliphatic carbocycles. The number of allylic oxidation sites excluding steroid dienone is 23. The van der Waals surface area contributed by atoms with Gasteiger partial charge in [-0.05, 0) is 128 Å². The maximum absolute atomic E-state index is 13.6. The number of esters is 1. The standard InChI is InChI=1S/C75H127N2O7P/c1-7-10-13-16-19-22-25-28-30-32-34-35-36-37-38-39-40-41-43-45-47-50-53-56-59-62-65-68-75(79)84-73(66-63-60-57-54-51-48-27-24-21-18-15-12-9-3)72(71-83-85(80,81)82-70-69-77(4,5)6)76-74(78)67-64-61-58-55-52-49-46-44-42-33-31-29-26-23-20-17-14-11-8-2/h10-11,13-14,19-20,22-23,28-31,34-35,37-38,40-42,44,49,52,63,66,72-73H,7-9,12,15-18,21,24-27,32-33,36,39,43,45-48,50-51,53-62,64-65,67-71H2,1-6H3,(H-,76,78,80,81)/p+1/b13-10-,14-11-,22-19-,23-20-,30-28-,31-29-,35-34-,38-37-,41-40-,44-42-,52-49-,66-63-. The number of likely N-dealkylation sites (N-methyl/N-ethyl adjacent to an activating group) is 1. The zero-order valence-electron chi connectivity index (χ0n) is 55.3. The van der Waals surface area contributed by atoms with Gasteiger partial charge in [-0.1, -0.05) is 270 Å². The molecular weight excluding hydrogens is 1070 g/mol. The molecule has 0 aliphatic rings. The van der Waals surface area contributed by atoms with Crippen molar-refractivity contribution in [2.75, 3.05) is 40.9 Å². The van der Waals surface area contributed by atoms with E-state index in [1.165, 1.54) is 83.5 Å². The minimum Gasteiger partial charge on any atom is -0.456 e. The van der Waals surface area contributed by atoms with Crippen molar-refractivity contribution in [2.45, 2.75) is 277 Å². The second-order valence-electron chi connectivity index (χ2n) is 23.6. The van der Waals surface area contributed by atoms with E-state index in [9.17, 15) is 19.0 Å². The van der Waals surface area contributed by atoms with Gasteiger partial charge in [0, 0.05) is 12.8 Å². The number of hydrogen-bond acceptors (Lipinski definition) is 6. The van der Waals surface area contributed by atoms with Gasteiger partial charge in [-0.3, -0.25) is 18.6 Å². The van der Waals surface area contributed by atoms with E-state index in [0.717, 1.165) is 141 Å². The highest BCUT2D eigenvalue weighted by Crippen LogP contribution is 2.43. The number of quaternary nitrogens is 1. The van der Waals surface area contributed by atoms with Crippen LogP contribution in [0.25, 0.3) is 0 Å².